The van der Waals surface area contributed by atoms with Gasteiger partial charge < -0.3 is 25.1 Å². The minimum absolute atomic E-state index is 0.0713. The Morgan fingerprint density at radius 2 is 1.82 bits per heavy atom. The predicted molar refractivity (Wildman–Crippen MR) is 148 cm³/mol. The zero-order valence-corrected chi connectivity index (χ0v) is 23.0. The van der Waals surface area contributed by atoms with Crippen LogP contribution in [-0.2, 0) is 9.59 Å². The van der Waals surface area contributed by atoms with E-state index in [0.717, 1.165) is 10.4 Å². The van der Waals surface area contributed by atoms with Crippen LogP contribution in [0.25, 0.3) is 10.4 Å². The molecule has 208 valence electrons. The molecule has 2 aliphatic rings. The monoisotopic (exact) mass is 562 g/mol. The number of hydrogen-bond donors (Lipinski definition) is 1. The van der Waals surface area contributed by atoms with Gasteiger partial charge in [-0.25, -0.2) is 4.79 Å². The van der Waals surface area contributed by atoms with Crippen LogP contribution in [0.15, 0.2) is 66.9 Å². The number of ketones is 1. The van der Waals surface area contributed by atoms with Crippen LogP contribution in [0, 0.1) is 11.1 Å². The van der Waals surface area contributed by atoms with Crippen molar-refractivity contribution in [3.63, 3.8) is 0 Å². The van der Waals surface area contributed by atoms with Gasteiger partial charge in [0.25, 0.3) is 5.69 Å². The first-order valence-corrected chi connectivity index (χ1v) is 14.0. The van der Waals surface area contributed by atoms with Gasteiger partial charge in [0.15, 0.2) is 17.0 Å². The van der Waals surface area contributed by atoms with E-state index in [-0.39, 0.29) is 30.5 Å². The molecule has 3 unspecified atom stereocenters. The molecule has 3 amide bonds. The van der Waals surface area contributed by atoms with Crippen molar-refractivity contribution < 1.29 is 28.6 Å². The predicted octanol–water partition coefficient (Wildman–Crippen LogP) is 3.25. The van der Waals surface area contributed by atoms with Crippen LogP contribution in [0.3, 0.4) is 0 Å². The largest absolute Gasteiger partial charge is 0.618 e. The van der Waals surface area contributed by atoms with Gasteiger partial charge in [-0.1, -0.05) is 55.5 Å². The number of benzene rings is 1. The molecule has 11 heteroatoms. The third kappa shape index (κ3) is 5.55. The van der Waals surface area contributed by atoms with Gasteiger partial charge in [0.05, 0.1) is 12.6 Å². The fourth-order valence-corrected chi connectivity index (χ4v) is 6.23. The standard InChI is InChI=1S/C29H30N4O6S/c1-18(2)16-20(30-29(37)39-25-12-11-24(40-25)19-8-4-3-5-9-19)27(35)31-15-13-21-26(31)23(34)17-32(21)28(36)22-10-6-7-14-33(22)38/h3-12,14,18,20-21,26H,13,15-17H2,1-2H3,(H,30,37). The number of thiophene rings is 1. The average Bonchev–Trinajstić information content (AvgIpc) is 3.65. The van der Waals surface area contributed by atoms with Crippen molar-refractivity contribution in [2.45, 2.75) is 44.8 Å². The number of likely N-dealkylation sites (tertiary alicyclic amines) is 2. The van der Waals surface area contributed by atoms with Crippen LogP contribution < -0.4 is 14.8 Å². The topological polar surface area (TPSA) is 123 Å². The van der Waals surface area contributed by atoms with E-state index >= 15 is 0 Å². The molecule has 5 rings (SSSR count). The second-order valence-electron chi connectivity index (χ2n) is 10.3. The lowest BCUT2D eigenvalue weighted by atomic mass is 10.0. The van der Waals surface area contributed by atoms with E-state index in [1.165, 1.54) is 39.5 Å². The lowest BCUT2D eigenvalue weighted by molar-refractivity contribution is -0.608. The molecule has 0 aliphatic carbocycles. The van der Waals surface area contributed by atoms with Crippen LogP contribution in [-0.4, -0.2) is 64.7 Å². The van der Waals surface area contributed by atoms with Crippen LogP contribution in [0.5, 0.6) is 5.06 Å². The number of nitrogens with zero attached hydrogens (tertiary/aromatic N) is 3. The molecular weight excluding hydrogens is 532 g/mol. The number of carbonyl (C=O) groups is 4. The molecule has 4 heterocycles. The first-order chi connectivity index (χ1) is 19.2. The van der Waals surface area contributed by atoms with Crippen molar-refractivity contribution in [2.75, 3.05) is 13.1 Å². The Morgan fingerprint density at radius 1 is 1.07 bits per heavy atom. The molecule has 0 bridgehead atoms. The number of amides is 3. The zero-order valence-electron chi connectivity index (χ0n) is 22.2. The number of rotatable bonds is 7. The highest BCUT2D eigenvalue weighted by atomic mass is 32.1. The fourth-order valence-electron chi connectivity index (χ4n) is 5.37. The molecule has 1 N–H and O–H groups in total. The summed E-state index contributed by atoms with van der Waals surface area (Å²) in [7, 11) is 0. The first kappa shape index (κ1) is 27.3. The Bertz CT molecular complexity index is 1420. The maximum Gasteiger partial charge on any atom is 0.414 e. The molecule has 2 aromatic heterocycles. The van der Waals surface area contributed by atoms with Crippen LogP contribution in [0.2, 0.25) is 0 Å². The second kappa shape index (κ2) is 11.5. The van der Waals surface area contributed by atoms with E-state index in [9.17, 15) is 24.4 Å². The summed E-state index contributed by atoms with van der Waals surface area (Å²) >= 11 is 1.32. The highest BCUT2D eigenvalue weighted by molar-refractivity contribution is 7.17. The molecule has 2 fully saturated rings. The summed E-state index contributed by atoms with van der Waals surface area (Å²) in [4.78, 5) is 56.5. The summed E-state index contributed by atoms with van der Waals surface area (Å²) in [6.45, 7) is 3.95. The first-order valence-electron chi connectivity index (χ1n) is 13.2. The van der Waals surface area contributed by atoms with E-state index in [2.05, 4.69) is 5.32 Å². The van der Waals surface area contributed by atoms with Gasteiger partial charge in [-0.3, -0.25) is 14.4 Å². The SMILES string of the molecule is CC(C)CC(NC(=O)Oc1ccc(-c2ccccc2)s1)C(=O)N1CCC2C1C(=O)CN2C(=O)c1cccc[n+]1[O-]. The molecule has 3 aromatic rings. The lowest BCUT2D eigenvalue weighted by Crippen LogP contribution is -2.53. The van der Waals surface area contributed by atoms with E-state index in [4.69, 9.17) is 4.74 Å². The molecule has 0 spiro atoms. The van der Waals surface area contributed by atoms with Gasteiger partial charge in [-0.05, 0) is 42.5 Å². The van der Waals surface area contributed by atoms with Crippen molar-refractivity contribution in [2.24, 2.45) is 5.92 Å². The normalized spacial score (nSPS) is 19.0. The van der Waals surface area contributed by atoms with Crippen molar-refractivity contribution in [3.8, 4) is 15.5 Å². The minimum atomic E-state index is -0.907. The summed E-state index contributed by atoms with van der Waals surface area (Å²) < 4.78 is 5.98. The number of fused-ring (bicyclic) bond motifs is 1. The van der Waals surface area contributed by atoms with Gasteiger partial charge in [-0.15, -0.1) is 0 Å². The van der Waals surface area contributed by atoms with Gasteiger partial charge in [-0.2, -0.15) is 4.73 Å². The van der Waals surface area contributed by atoms with Gasteiger partial charge in [0.2, 0.25) is 5.91 Å². The number of Topliss-reactive ketones (excluding diaryl/α,β-unsaturated/α-hetero) is 1. The third-order valence-corrected chi connectivity index (χ3v) is 8.15. The Kier molecular flexibility index (Phi) is 7.83. The highest BCUT2D eigenvalue weighted by Crippen LogP contribution is 2.33. The quantitative estimate of drug-likeness (QED) is 0.348. The summed E-state index contributed by atoms with van der Waals surface area (Å²) in [5.74, 6) is -1.13. The number of hydrogen-bond acceptors (Lipinski definition) is 7. The van der Waals surface area contributed by atoms with Crippen molar-refractivity contribution in [3.05, 3.63) is 77.8 Å². The minimum Gasteiger partial charge on any atom is -0.618 e. The summed E-state index contributed by atoms with van der Waals surface area (Å²) in [5, 5.41) is 15.2. The van der Waals surface area contributed by atoms with E-state index in [1.807, 2.05) is 50.2 Å². The van der Waals surface area contributed by atoms with Crippen molar-refractivity contribution in [1.82, 2.24) is 15.1 Å². The molecule has 2 saturated heterocycles. The van der Waals surface area contributed by atoms with Crippen molar-refractivity contribution in [1.29, 1.82) is 0 Å². The lowest BCUT2D eigenvalue weighted by Gasteiger charge is -2.28. The molecule has 0 saturated carbocycles. The molecule has 2 aliphatic heterocycles. The maximum absolute atomic E-state index is 13.7. The Morgan fingerprint density at radius 3 is 2.55 bits per heavy atom. The van der Waals surface area contributed by atoms with Gasteiger partial charge in [0.1, 0.15) is 12.1 Å². The van der Waals surface area contributed by atoms with E-state index < -0.39 is 36.0 Å². The van der Waals surface area contributed by atoms with Gasteiger partial charge >= 0.3 is 12.0 Å². The Labute approximate surface area is 235 Å². The summed E-state index contributed by atoms with van der Waals surface area (Å²) in [5.41, 5.74) is 0.928. The average molecular weight is 563 g/mol. The Hall–Kier alpha value is -4.25. The van der Waals surface area contributed by atoms with Crippen molar-refractivity contribution >= 4 is 35.0 Å². The fraction of sp³-hybridized carbons (Fsp3) is 0.345. The summed E-state index contributed by atoms with van der Waals surface area (Å²) in [6.07, 6.45) is 1.22. The third-order valence-electron chi connectivity index (χ3n) is 7.14. The highest BCUT2D eigenvalue weighted by Gasteiger charge is 2.53. The van der Waals surface area contributed by atoms with Crippen LogP contribution in [0.4, 0.5) is 4.79 Å². The summed E-state index contributed by atoms with van der Waals surface area (Å²) in [6, 6.07) is 15.6. The number of pyridine rings is 1. The Balaban J connectivity index is 1.27. The number of nitrogens with one attached hydrogen (secondary N) is 1. The number of carbonyl (C=O) groups excluding carboxylic acids is 4. The molecule has 0 radical (unpaired) electrons. The molecule has 40 heavy (non-hydrogen) atoms. The van der Waals surface area contributed by atoms with E-state index in [0.29, 0.717) is 22.6 Å². The zero-order chi connectivity index (χ0) is 28.4. The number of aromatic nitrogens is 1. The smallest absolute Gasteiger partial charge is 0.414 e. The molecule has 1 aromatic carbocycles. The number of ether oxygens (including phenoxy) is 1. The van der Waals surface area contributed by atoms with E-state index in [1.54, 1.807) is 12.1 Å². The van der Waals surface area contributed by atoms with Gasteiger partial charge in [0, 0.05) is 23.6 Å². The second-order valence-corrected chi connectivity index (χ2v) is 11.4. The molecular formula is C29H30N4O6S. The molecule has 3 atom stereocenters. The van der Waals surface area contributed by atoms with Crippen LogP contribution >= 0.6 is 11.3 Å². The van der Waals surface area contributed by atoms with Crippen LogP contribution in [0.1, 0.15) is 37.2 Å². The molecule has 10 nitrogen and oxygen atoms in total. The maximum atomic E-state index is 13.7.